The summed E-state index contributed by atoms with van der Waals surface area (Å²) in [5.74, 6) is -0.132. The van der Waals surface area contributed by atoms with E-state index in [0.29, 0.717) is 25.2 Å². The van der Waals surface area contributed by atoms with E-state index in [1.165, 1.54) is 12.8 Å². The van der Waals surface area contributed by atoms with Gasteiger partial charge in [0.1, 0.15) is 5.54 Å². The zero-order chi connectivity index (χ0) is 13.8. The molecule has 0 radical (unpaired) electrons. The van der Waals surface area contributed by atoms with E-state index >= 15 is 0 Å². The molecule has 0 amide bonds. The van der Waals surface area contributed by atoms with Gasteiger partial charge < -0.3 is 9.64 Å². The monoisotopic (exact) mass is 256 g/mol. The lowest BCUT2D eigenvalue weighted by Crippen LogP contribution is -2.58. The van der Waals surface area contributed by atoms with Crippen molar-refractivity contribution in [2.24, 2.45) is 0 Å². The molecule has 1 fully saturated rings. The van der Waals surface area contributed by atoms with Gasteiger partial charge in [0, 0.05) is 18.6 Å². The molecule has 18 heavy (non-hydrogen) atoms. The molecule has 0 aromatic heterocycles. The Morgan fingerprint density at radius 3 is 2.56 bits per heavy atom. The molecule has 0 heterocycles. The van der Waals surface area contributed by atoms with Crippen molar-refractivity contribution < 1.29 is 9.53 Å². The van der Waals surface area contributed by atoms with Gasteiger partial charge in [-0.25, -0.2) is 0 Å². The van der Waals surface area contributed by atoms with Crippen molar-refractivity contribution in [2.75, 3.05) is 20.2 Å². The second-order valence-corrected chi connectivity index (χ2v) is 5.64. The van der Waals surface area contributed by atoms with E-state index in [1.807, 2.05) is 13.8 Å². The van der Waals surface area contributed by atoms with Crippen molar-refractivity contribution >= 4 is 5.97 Å². The number of ether oxygens (including phenoxy) is 1. The molecule has 1 saturated carbocycles. The van der Waals surface area contributed by atoms with Gasteiger partial charge in [-0.3, -0.25) is 10.1 Å². The molecule has 1 rings (SSSR count). The summed E-state index contributed by atoms with van der Waals surface area (Å²) in [7, 11) is 2.07. The Bertz CT molecular complexity index is 279. The molecule has 2 atom stereocenters. The minimum absolute atomic E-state index is 0.132. The second kappa shape index (κ2) is 6.53. The summed E-state index contributed by atoms with van der Waals surface area (Å²) in [5.41, 5.74) is -0.588. The third-order valence-electron chi connectivity index (χ3n) is 3.73. The third kappa shape index (κ3) is 4.25. The first-order chi connectivity index (χ1) is 8.42. The first kappa shape index (κ1) is 15.4. The quantitative estimate of drug-likeness (QED) is 0.672. The first-order valence-corrected chi connectivity index (χ1v) is 7.08. The summed E-state index contributed by atoms with van der Waals surface area (Å²) in [6.07, 6.45) is 3.42. The molecule has 4 heteroatoms. The third-order valence-corrected chi connectivity index (χ3v) is 3.73. The summed E-state index contributed by atoms with van der Waals surface area (Å²) >= 11 is 0. The summed E-state index contributed by atoms with van der Waals surface area (Å²) < 4.78 is 5.22. The fraction of sp³-hybridized carbons (Fsp3) is 0.929. The van der Waals surface area contributed by atoms with Crippen molar-refractivity contribution in [3.63, 3.8) is 0 Å². The van der Waals surface area contributed by atoms with Gasteiger partial charge in [-0.05, 0) is 47.1 Å². The highest BCUT2D eigenvalue weighted by molar-refractivity contribution is 5.80. The van der Waals surface area contributed by atoms with E-state index in [9.17, 15) is 4.79 Å². The number of carbonyl (C=O) groups is 1. The van der Waals surface area contributed by atoms with E-state index in [2.05, 4.69) is 31.1 Å². The molecule has 2 unspecified atom stereocenters. The molecular formula is C14H28N2O2. The predicted molar refractivity (Wildman–Crippen MR) is 73.6 cm³/mol. The summed E-state index contributed by atoms with van der Waals surface area (Å²) in [6, 6.07) is 0.962. The number of hydrogen-bond donors (Lipinski definition) is 1. The maximum Gasteiger partial charge on any atom is 0.327 e. The molecular weight excluding hydrogens is 228 g/mol. The molecule has 0 bridgehead atoms. The number of carbonyl (C=O) groups excluding carboxylic acids is 1. The SMILES string of the molecule is CCOC(=O)C(C)(CN(C)C(C)CC)NC1CC1. The van der Waals surface area contributed by atoms with Crippen molar-refractivity contribution in [3.05, 3.63) is 0 Å². The summed E-state index contributed by atoms with van der Waals surface area (Å²) in [6.45, 7) is 9.29. The van der Waals surface area contributed by atoms with Gasteiger partial charge in [-0.1, -0.05) is 6.92 Å². The van der Waals surface area contributed by atoms with Crippen LogP contribution >= 0.6 is 0 Å². The van der Waals surface area contributed by atoms with Crippen LogP contribution < -0.4 is 5.32 Å². The number of hydrogen-bond acceptors (Lipinski definition) is 4. The summed E-state index contributed by atoms with van der Waals surface area (Å²) in [4.78, 5) is 14.4. The topological polar surface area (TPSA) is 41.6 Å². The van der Waals surface area contributed by atoms with Crippen molar-refractivity contribution in [3.8, 4) is 0 Å². The fourth-order valence-corrected chi connectivity index (χ4v) is 2.10. The smallest absolute Gasteiger partial charge is 0.327 e. The van der Waals surface area contributed by atoms with Crippen LogP contribution in [-0.4, -0.2) is 48.7 Å². The molecule has 1 N–H and O–H groups in total. The molecule has 0 aromatic carbocycles. The van der Waals surface area contributed by atoms with E-state index in [1.54, 1.807) is 0 Å². The van der Waals surface area contributed by atoms with Crippen LogP contribution in [0.15, 0.2) is 0 Å². The van der Waals surface area contributed by atoms with Crippen LogP contribution in [0.2, 0.25) is 0 Å². The first-order valence-electron chi connectivity index (χ1n) is 7.08. The van der Waals surface area contributed by atoms with Crippen molar-refractivity contribution in [1.82, 2.24) is 10.2 Å². The van der Waals surface area contributed by atoms with Crippen LogP contribution in [0.4, 0.5) is 0 Å². The zero-order valence-electron chi connectivity index (χ0n) is 12.5. The number of likely N-dealkylation sites (N-methyl/N-ethyl adjacent to an activating group) is 1. The van der Waals surface area contributed by atoms with Gasteiger partial charge in [0.15, 0.2) is 0 Å². The Kier molecular flexibility index (Phi) is 5.60. The average Bonchev–Trinajstić information content (AvgIpc) is 3.11. The van der Waals surface area contributed by atoms with E-state index in [4.69, 9.17) is 4.74 Å². The molecule has 4 nitrogen and oxygen atoms in total. The molecule has 0 saturated heterocycles. The minimum Gasteiger partial charge on any atom is -0.465 e. The van der Waals surface area contributed by atoms with E-state index < -0.39 is 5.54 Å². The Balaban J connectivity index is 2.66. The highest BCUT2D eigenvalue weighted by Crippen LogP contribution is 2.24. The molecule has 106 valence electrons. The Labute approximate surface area is 111 Å². The lowest BCUT2D eigenvalue weighted by atomic mass is 10.0. The minimum atomic E-state index is -0.588. The van der Waals surface area contributed by atoms with Gasteiger partial charge in [0.05, 0.1) is 6.61 Å². The fourth-order valence-electron chi connectivity index (χ4n) is 2.10. The van der Waals surface area contributed by atoms with Gasteiger partial charge in [0.2, 0.25) is 0 Å². The maximum atomic E-state index is 12.2. The van der Waals surface area contributed by atoms with Crippen molar-refractivity contribution in [1.29, 1.82) is 0 Å². The van der Waals surface area contributed by atoms with Gasteiger partial charge >= 0.3 is 5.97 Å². The lowest BCUT2D eigenvalue weighted by Gasteiger charge is -2.35. The standard InChI is InChI=1S/C14H28N2O2/c1-6-11(3)16(5)10-14(4,13(17)18-7-2)15-12-8-9-12/h11-12,15H,6-10H2,1-5H3. The Morgan fingerprint density at radius 2 is 2.11 bits per heavy atom. The van der Waals surface area contributed by atoms with Crippen LogP contribution in [0.5, 0.6) is 0 Å². The second-order valence-electron chi connectivity index (χ2n) is 5.64. The van der Waals surface area contributed by atoms with Crippen LogP contribution in [0.1, 0.15) is 47.0 Å². The van der Waals surface area contributed by atoms with Gasteiger partial charge in [-0.2, -0.15) is 0 Å². The Hall–Kier alpha value is -0.610. The van der Waals surface area contributed by atoms with Crippen LogP contribution in [0, 0.1) is 0 Å². The number of rotatable bonds is 8. The van der Waals surface area contributed by atoms with Crippen LogP contribution in [0.25, 0.3) is 0 Å². The lowest BCUT2D eigenvalue weighted by molar-refractivity contribution is -0.151. The largest absolute Gasteiger partial charge is 0.465 e. The maximum absolute atomic E-state index is 12.2. The molecule has 1 aliphatic carbocycles. The average molecular weight is 256 g/mol. The number of nitrogens with one attached hydrogen (secondary N) is 1. The Morgan fingerprint density at radius 1 is 1.50 bits per heavy atom. The highest BCUT2D eigenvalue weighted by Gasteiger charge is 2.40. The number of nitrogens with zero attached hydrogens (tertiary/aromatic N) is 1. The highest BCUT2D eigenvalue weighted by atomic mass is 16.5. The summed E-state index contributed by atoms with van der Waals surface area (Å²) in [5, 5.41) is 3.45. The van der Waals surface area contributed by atoms with Crippen molar-refractivity contribution in [2.45, 2.75) is 64.6 Å². The van der Waals surface area contributed by atoms with Gasteiger partial charge in [0.25, 0.3) is 0 Å². The van der Waals surface area contributed by atoms with Crippen LogP contribution in [0.3, 0.4) is 0 Å². The molecule has 1 aliphatic rings. The van der Waals surface area contributed by atoms with Crippen LogP contribution in [-0.2, 0) is 9.53 Å². The molecule has 0 aliphatic heterocycles. The van der Waals surface area contributed by atoms with Gasteiger partial charge in [-0.15, -0.1) is 0 Å². The predicted octanol–water partition coefficient (Wildman–Crippen LogP) is 1.79. The van der Waals surface area contributed by atoms with E-state index in [-0.39, 0.29) is 5.97 Å². The molecule has 0 aromatic rings. The van der Waals surface area contributed by atoms with E-state index in [0.717, 1.165) is 6.42 Å². The normalized spacial score (nSPS) is 20.6. The number of esters is 1. The zero-order valence-corrected chi connectivity index (χ0v) is 12.5. The molecule has 0 spiro atoms.